The average Bonchev–Trinajstić information content (AvgIpc) is 3.22. The number of hydrogen-bond donors (Lipinski definition) is 2. The molecular formula is C23H19FN4O5S. The summed E-state index contributed by atoms with van der Waals surface area (Å²) in [6, 6.07) is 11.0. The number of carbonyl (C=O) groups excluding carboxylic acids is 4. The van der Waals surface area contributed by atoms with Crippen molar-refractivity contribution in [3.8, 4) is 0 Å². The zero-order valence-electron chi connectivity index (χ0n) is 17.7. The summed E-state index contributed by atoms with van der Waals surface area (Å²) in [4.78, 5) is 47.5. The smallest absolute Gasteiger partial charge is 0.414 e. The number of benzene rings is 2. The van der Waals surface area contributed by atoms with Crippen molar-refractivity contribution < 1.29 is 28.3 Å². The molecule has 2 aromatic rings. The highest BCUT2D eigenvalue weighted by Gasteiger charge is 2.33. The fraction of sp³-hybridized carbons (Fsp3) is 0.174. The molecule has 34 heavy (non-hydrogen) atoms. The lowest BCUT2D eigenvalue weighted by Crippen LogP contribution is -2.33. The van der Waals surface area contributed by atoms with Crippen molar-refractivity contribution in [2.45, 2.75) is 6.10 Å². The maximum Gasteiger partial charge on any atom is 0.414 e. The van der Waals surface area contributed by atoms with Crippen LogP contribution in [0.1, 0.15) is 21.5 Å². The normalized spacial score (nSPS) is 17.9. The maximum atomic E-state index is 14.7. The Bertz CT molecular complexity index is 1200. The van der Waals surface area contributed by atoms with Crippen LogP contribution in [0.2, 0.25) is 0 Å². The third kappa shape index (κ3) is 5.49. The van der Waals surface area contributed by atoms with Crippen molar-refractivity contribution >= 4 is 52.8 Å². The van der Waals surface area contributed by atoms with Crippen LogP contribution in [0.4, 0.5) is 14.9 Å². The largest absolute Gasteiger partial charge is 0.442 e. The molecule has 2 aliphatic rings. The molecule has 174 valence electrons. The van der Waals surface area contributed by atoms with Gasteiger partial charge in [-0.05, 0) is 29.8 Å². The Kier molecular flexibility index (Phi) is 7.02. The Morgan fingerprint density at radius 1 is 1.24 bits per heavy atom. The minimum Gasteiger partial charge on any atom is -0.442 e. The van der Waals surface area contributed by atoms with Gasteiger partial charge in [-0.2, -0.15) is 5.10 Å². The summed E-state index contributed by atoms with van der Waals surface area (Å²) in [5.41, 5.74) is 4.14. The molecule has 2 heterocycles. The first-order valence-corrected chi connectivity index (χ1v) is 11.2. The molecule has 2 N–H and O–H groups in total. The first kappa shape index (κ1) is 23.2. The van der Waals surface area contributed by atoms with Crippen molar-refractivity contribution in [1.29, 1.82) is 0 Å². The number of nitrogens with zero attached hydrogens (tertiary/aromatic N) is 2. The van der Waals surface area contributed by atoms with Crippen LogP contribution < -0.4 is 15.6 Å². The van der Waals surface area contributed by atoms with Gasteiger partial charge in [-0.15, -0.1) is 0 Å². The summed E-state index contributed by atoms with van der Waals surface area (Å²) in [5, 5.41) is 6.87. The van der Waals surface area contributed by atoms with E-state index in [9.17, 15) is 23.6 Å². The van der Waals surface area contributed by atoms with Crippen molar-refractivity contribution in [1.82, 2.24) is 10.7 Å². The number of aldehydes is 1. The number of carbonyl (C=O) groups is 4. The van der Waals surface area contributed by atoms with Crippen LogP contribution in [0.25, 0.3) is 6.08 Å². The summed E-state index contributed by atoms with van der Waals surface area (Å²) < 4.78 is 19.9. The SMILES string of the molecule is O=Cc1ccc(/C=C/C(=O)NC[C@H]2CN(c3ccc(C4=NNC(=O)CS4)c(F)c3)C(=O)O2)cc1. The van der Waals surface area contributed by atoms with Crippen molar-refractivity contribution in [2.75, 3.05) is 23.7 Å². The predicted molar refractivity (Wildman–Crippen MR) is 125 cm³/mol. The Hall–Kier alpha value is -3.99. The van der Waals surface area contributed by atoms with Crippen LogP contribution in [-0.4, -0.2) is 54.2 Å². The lowest BCUT2D eigenvalue weighted by atomic mass is 10.1. The molecule has 1 atom stereocenters. The average molecular weight is 482 g/mol. The predicted octanol–water partition coefficient (Wildman–Crippen LogP) is 2.32. The van der Waals surface area contributed by atoms with Gasteiger partial charge in [0.2, 0.25) is 5.91 Å². The highest BCUT2D eigenvalue weighted by Crippen LogP contribution is 2.26. The highest BCUT2D eigenvalue weighted by atomic mass is 32.2. The zero-order valence-corrected chi connectivity index (χ0v) is 18.5. The zero-order chi connectivity index (χ0) is 24.1. The second-order valence-electron chi connectivity index (χ2n) is 7.38. The van der Waals surface area contributed by atoms with Gasteiger partial charge >= 0.3 is 6.09 Å². The molecule has 11 heteroatoms. The Morgan fingerprint density at radius 2 is 2.00 bits per heavy atom. The quantitative estimate of drug-likeness (QED) is 0.462. The number of rotatable bonds is 7. The minimum atomic E-state index is -0.645. The van der Waals surface area contributed by atoms with Crippen molar-refractivity contribution in [3.05, 3.63) is 71.0 Å². The van der Waals surface area contributed by atoms with Crippen molar-refractivity contribution in [2.24, 2.45) is 5.10 Å². The van der Waals surface area contributed by atoms with E-state index in [-0.39, 0.29) is 36.2 Å². The lowest BCUT2D eigenvalue weighted by molar-refractivity contribution is -0.118. The van der Waals surface area contributed by atoms with Crippen LogP contribution in [0.5, 0.6) is 0 Å². The van der Waals surface area contributed by atoms with E-state index in [2.05, 4.69) is 15.8 Å². The van der Waals surface area contributed by atoms with E-state index in [1.54, 1.807) is 36.4 Å². The van der Waals surface area contributed by atoms with E-state index in [1.165, 1.54) is 23.1 Å². The molecule has 4 rings (SSSR count). The molecule has 2 aliphatic heterocycles. The summed E-state index contributed by atoms with van der Waals surface area (Å²) in [5.74, 6) is -1.07. The number of hydrazone groups is 1. The molecule has 0 spiro atoms. The first-order chi connectivity index (χ1) is 16.4. The van der Waals surface area contributed by atoms with Gasteiger partial charge in [0.05, 0.1) is 24.5 Å². The van der Waals surface area contributed by atoms with E-state index in [0.717, 1.165) is 23.6 Å². The van der Waals surface area contributed by atoms with Gasteiger partial charge in [0.15, 0.2) is 0 Å². The molecule has 0 bridgehead atoms. The third-order valence-corrected chi connectivity index (χ3v) is 5.99. The molecule has 3 amide bonds. The van der Waals surface area contributed by atoms with Gasteiger partial charge in [0.25, 0.3) is 5.91 Å². The van der Waals surface area contributed by atoms with E-state index in [0.29, 0.717) is 16.3 Å². The highest BCUT2D eigenvalue weighted by molar-refractivity contribution is 8.15. The summed E-state index contributed by atoms with van der Waals surface area (Å²) in [7, 11) is 0. The lowest BCUT2D eigenvalue weighted by Gasteiger charge is -2.16. The topological polar surface area (TPSA) is 117 Å². The molecule has 9 nitrogen and oxygen atoms in total. The number of ether oxygens (including phenoxy) is 1. The Labute approximate surface area is 198 Å². The number of hydrogen-bond acceptors (Lipinski definition) is 7. The molecule has 1 fully saturated rings. The minimum absolute atomic E-state index is 0.0865. The van der Waals surface area contributed by atoms with E-state index in [4.69, 9.17) is 4.74 Å². The van der Waals surface area contributed by atoms with Crippen LogP contribution >= 0.6 is 11.8 Å². The first-order valence-electron chi connectivity index (χ1n) is 10.2. The van der Waals surface area contributed by atoms with Gasteiger partial charge in [0.1, 0.15) is 23.3 Å². The van der Waals surface area contributed by atoms with Gasteiger partial charge < -0.3 is 10.1 Å². The standard InChI is InChI=1S/C23H19FN4O5S/c24-19-9-16(6-7-18(19)22-27-26-21(31)13-34-22)28-11-17(33-23(28)32)10-25-20(30)8-5-14-1-3-15(12-29)4-2-14/h1-9,12,17H,10-11,13H2,(H,25,30)(H,26,31)/b8-5+/t17-/m0/s1. The van der Waals surface area contributed by atoms with Crippen LogP contribution in [0.3, 0.4) is 0 Å². The van der Waals surface area contributed by atoms with Crippen LogP contribution in [0, 0.1) is 5.82 Å². The number of anilines is 1. The molecule has 0 saturated carbocycles. The van der Waals surface area contributed by atoms with Crippen molar-refractivity contribution in [3.63, 3.8) is 0 Å². The fourth-order valence-corrected chi connectivity index (χ4v) is 4.03. The molecule has 0 aromatic heterocycles. The summed E-state index contributed by atoms with van der Waals surface area (Å²) >= 11 is 1.12. The van der Waals surface area contributed by atoms with E-state index < -0.39 is 18.0 Å². The second-order valence-corrected chi connectivity index (χ2v) is 8.35. The number of nitrogens with one attached hydrogen (secondary N) is 2. The molecule has 1 saturated heterocycles. The Balaban J connectivity index is 1.32. The van der Waals surface area contributed by atoms with Gasteiger partial charge in [-0.3, -0.25) is 19.3 Å². The molecule has 2 aromatic carbocycles. The second kappa shape index (κ2) is 10.3. The molecule has 0 aliphatic carbocycles. The van der Waals surface area contributed by atoms with Gasteiger partial charge in [-0.1, -0.05) is 36.0 Å². The van der Waals surface area contributed by atoms with E-state index >= 15 is 0 Å². The number of amides is 3. The molecule has 0 radical (unpaired) electrons. The van der Waals surface area contributed by atoms with Gasteiger partial charge in [0, 0.05) is 17.2 Å². The molecule has 0 unspecified atom stereocenters. The van der Waals surface area contributed by atoms with Crippen LogP contribution in [-0.2, 0) is 14.3 Å². The molecular weight excluding hydrogens is 463 g/mol. The third-order valence-electron chi connectivity index (χ3n) is 4.99. The monoisotopic (exact) mass is 482 g/mol. The Morgan fingerprint density at radius 3 is 2.68 bits per heavy atom. The number of thioether (sulfide) groups is 1. The van der Waals surface area contributed by atoms with Crippen LogP contribution in [0.15, 0.2) is 53.6 Å². The summed E-state index contributed by atoms with van der Waals surface area (Å²) in [6.07, 6.45) is 2.43. The van der Waals surface area contributed by atoms with Gasteiger partial charge in [-0.25, -0.2) is 14.6 Å². The summed E-state index contributed by atoms with van der Waals surface area (Å²) in [6.45, 7) is 0.226. The fourth-order valence-electron chi connectivity index (χ4n) is 3.26. The number of cyclic esters (lactones) is 1. The maximum absolute atomic E-state index is 14.7. The number of halogens is 1. The van der Waals surface area contributed by atoms with E-state index in [1.807, 2.05) is 0 Å².